The molecule has 0 rings (SSSR count). The molecule has 0 bridgehead atoms. The van der Waals surface area contributed by atoms with Crippen LogP contribution in [0, 0.1) is 0 Å². The summed E-state index contributed by atoms with van der Waals surface area (Å²) in [4.78, 5) is 24.4. The number of unbranched alkanes of at least 4 members (excludes halogenated alkanes) is 42. The van der Waals surface area contributed by atoms with E-state index in [4.69, 9.17) is 4.74 Å². The van der Waals surface area contributed by atoms with E-state index in [0.717, 1.165) is 38.5 Å². The molecule has 0 aromatic carbocycles. The Balaban J connectivity index is 3.33. The van der Waals surface area contributed by atoms with Crippen LogP contribution in [0.25, 0.3) is 0 Å². The second-order valence-electron chi connectivity index (χ2n) is 19.6. The van der Waals surface area contributed by atoms with E-state index in [2.05, 4.69) is 19.2 Å². The molecule has 62 heavy (non-hydrogen) atoms. The van der Waals surface area contributed by atoms with Crippen molar-refractivity contribution in [3.63, 3.8) is 0 Å². The average Bonchev–Trinajstić information content (AvgIpc) is 3.27. The van der Waals surface area contributed by atoms with Crippen LogP contribution in [0.2, 0.25) is 0 Å². The molecular formula is C56H111NO5. The highest BCUT2D eigenvalue weighted by Crippen LogP contribution is 2.18. The smallest absolute Gasteiger partial charge is 0.305 e. The molecule has 2 atom stereocenters. The molecule has 0 saturated carbocycles. The number of nitrogens with one attached hydrogen (secondary N) is 1. The highest BCUT2D eigenvalue weighted by Gasteiger charge is 2.20. The van der Waals surface area contributed by atoms with E-state index < -0.39 is 12.1 Å². The molecule has 370 valence electrons. The minimum absolute atomic E-state index is 0.0156. The topological polar surface area (TPSA) is 95.9 Å². The standard InChI is InChI=1S/C56H111NO5/c1-3-5-7-9-11-13-29-34-38-42-46-50-56(61)62-51-47-43-39-35-31-28-26-24-22-20-18-16-15-17-19-21-23-25-27-30-33-37-41-45-49-55(60)57-53(52-58)54(59)48-44-40-36-32-14-12-10-8-6-4-2/h53-54,58-59H,3-52H2,1-2H3,(H,57,60). The molecule has 0 aliphatic carbocycles. The maximum atomic E-state index is 12.4. The summed E-state index contributed by atoms with van der Waals surface area (Å²) < 4.78 is 5.46. The van der Waals surface area contributed by atoms with Gasteiger partial charge in [0.25, 0.3) is 0 Å². The van der Waals surface area contributed by atoms with E-state index in [9.17, 15) is 19.8 Å². The number of hydrogen-bond donors (Lipinski definition) is 3. The monoisotopic (exact) mass is 878 g/mol. The summed E-state index contributed by atoms with van der Waals surface area (Å²) in [6, 6.07) is -0.537. The fourth-order valence-corrected chi connectivity index (χ4v) is 9.05. The first-order chi connectivity index (χ1) is 30.5. The summed E-state index contributed by atoms with van der Waals surface area (Å²) in [7, 11) is 0. The first-order valence-corrected chi connectivity index (χ1v) is 28.3. The van der Waals surface area contributed by atoms with Crippen LogP contribution in [0.3, 0.4) is 0 Å². The van der Waals surface area contributed by atoms with Gasteiger partial charge in [-0.15, -0.1) is 0 Å². The third-order valence-corrected chi connectivity index (χ3v) is 13.4. The van der Waals surface area contributed by atoms with Gasteiger partial charge in [-0.05, 0) is 25.7 Å². The van der Waals surface area contributed by atoms with Crippen LogP contribution in [0.5, 0.6) is 0 Å². The van der Waals surface area contributed by atoms with Crippen molar-refractivity contribution in [3.8, 4) is 0 Å². The Kier molecular flexibility index (Phi) is 51.5. The fraction of sp³-hybridized carbons (Fsp3) is 0.964. The van der Waals surface area contributed by atoms with E-state index in [1.54, 1.807) is 0 Å². The number of aliphatic hydroxyl groups is 2. The van der Waals surface area contributed by atoms with Crippen molar-refractivity contribution in [1.29, 1.82) is 0 Å². The zero-order valence-corrected chi connectivity index (χ0v) is 42.1. The van der Waals surface area contributed by atoms with Crippen LogP contribution >= 0.6 is 0 Å². The largest absolute Gasteiger partial charge is 0.466 e. The predicted octanol–water partition coefficient (Wildman–Crippen LogP) is 17.1. The van der Waals surface area contributed by atoms with Crippen LogP contribution in [-0.2, 0) is 14.3 Å². The van der Waals surface area contributed by atoms with E-state index in [1.807, 2.05) is 0 Å². The van der Waals surface area contributed by atoms with Crippen LogP contribution in [0.4, 0.5) is 0 Å². The number of carbonyl (C=O) groups excluding carboxylic acids is 2. The Morgan fingerprint density at radius 3 is 0.984 bits per heavy atom. The number of ether oxygens (including phenoxy) is 1. The van der Waals surface area contributed by atoms with Gasteiger partial charge in [0.2, 0.25) is 5.91 Å². The summed E-state index contributed by atoms with van der Waals surface area (Å²) in [5, 5.41) is 23.1. The summed E-state index contributed by atoms with van der Waals surface area (Å²) in [5.74, 6) is -0.0184. The van der Waals surface area contributed by atoms with Gasteiger partial charge in [-0.1, -0.05) is 284 Å². The Labute approximate surface area is 387 Å². The molecule has 0 aliphatic heterocycles. The number of aliphatic hydroxyl groups excluding tert-OH is 2. The van der Waals surface area contributed by atoms with Crippen molar-refractivity contribution in [2.45, 2.75) is 334 Å². The maximum Gasteiger partial charge on any atom is 0.305 e. The molecule has 6 nitrogen and oxygen atoms in total. The molecule has 3 N–H and O–H groups in total. The first-order valence-electron chi connectivity index (χ1n) is 28.3. The molecule has 1 amide bonds. The van der Waals surface area contributed by atoms with Gasteiger partial charge in [0.05, 0.1) is 25.4 Å². The number of hydrogen-bond acceptors (Lipinski definition) is 5. The van der Waals surface area contributed by atoms with E-state index >= 15 is 0 Å². The lowest BCUT2D eigenvalue weighted by Crippen LogP contribution is -2.45. The normalized spacial score (nSPS) is 12.5. The van der Waals surface area contributed by atoms with Crippen LogP contribution < -0.4 is 5.32 Å². The molecular weight excluding hydrogens is 767 g/mol. The van der Waals surface area contributed by atoms with E-state index in [0.29, 0.717) is 25.9 Å². The van der Waals surface area contributed by atoms with Crippen molar-refractivity contribution in [2.75, 3.05) is 13.2 Å². The lowest BCUT2D eigenvalue weighted by atomic mass is 10.0. The van der Waals surface area contributed by atoms with E-state index in [1.165, 1.54) is 250 Å². The van der Waals surface area contributed by atoms with Gasteiger partial charge in [-0.25, -0.2) is 0 Å². The summed E-state index contributed by atoms with van der Waals surface area (Å²) in [6.07, 6.45) is 59.6. The summed E-state index contributed by atoms with van der Waals surface area (Å²) in [6.45, 7) is 4.95. The van der Waals surface area contributed by atoms with Crippen LogP contribution in [0.1, 0.15) is 322 Å². The Morgan fingerprint density at radius 1 is 0.387 bits per heavy atom. The van der Waals surface area contributed by atoms with Gasteiger partial charge in [0.15, 0.2) is 0 Å². The number of rotatable bonds is 53. The highest BCUT2D eigenvalue weighted by atomic mass is 16.5. The third-order valence-electron chi connectivity index (χ3n) is 13.4. The van der Waals surface area contributed by atoms with Crippen molar-refractivity contribution < 1.29 is 24.5 Å². The van der Waals surface area contributed by atoms with Crippen molar-refractivity contribution in [2.24, 2.45) is 0 Å². The quantitative estimate of drug-likeness (QED) is 0.0418. The van der Waals surface area contributed by atoms with Gasteiger partial charge in [0, 0.05) is 12.8 Å². The summed E-state index contributed by atoms with van der Waals surface area (Å²) >= 11 is 0. The molecule has 2 unspecified atom stereocenters. The molecule has 0 aliphatic rings. The molecule has 0 saturated heterocycles. The van der Waals surface area contributed by atoms with Crippen LogP contribution in [0.15, 0.2) is 0 Å². The van der Waals surface area contributed by atoms with Crippen molar-refractivity contribution >= 4 is 11.9 Å². The lowest BCUT2D eigenvalue weighted by Gasteiger charge is -2.22. The van der Waals surface area contributed by atoms with Crippen LogP contribution in [-0.4, -0.2) is 47.4 Å². The number of amides is 1. The number of carbonyl (C=O) groups is 2. The molecule has 0 aromatic rings. The zero-order valence-electron chi connectivity index (χ0n) is 42.1. The van der Waals surface area contributed by atoms with Gasteiger partial charge in [0.1, 0.15) is 0 Å². The van der Waals surface area contributed by atoms with Crippen molar-refractivity contribution in [1.82, 2.24) is 5.32 Å². The SMILES string of the molecule is CCCCCCCCCCCCCC(=O)OCCCCCCCCCCCCCCCCCCCCCCCCCCC(=O)NC(CO)C(O)CCCCCCCCCCCC. The highest BCUT2D eigenvalue weighted by molar-refractivity contribution is 5.76. The molecule has 6 heteroatoms. The third kappa shape index (κ3) is 48.3. The Morgan fingerprint density at radius 2 is 0.661 bits per heavy atom. The lowest BCUT2D eigenvalue weighted by molar-refractivity contribution is -0.143. The molecule has 0 aromatic heterocycles. The zero-order chi connectivity index (χ0) is 45.1. The summed E-state index contributed by atoms with van der Waals surface area (Å²) in [5.41, 5.74) is 0. The molecule has 0 radical (unpaired) electrons. The molecule has 0 spiro atoms. The average molecular weight is 879 g/mol. The molecule has 0 heterocycles. The van der Waals surface area contributed by atoms with Gasteiger partial charge in [-0.3, -0.25) is 9.59 Å². The van der Waals surface area contributed by atoms with Crippen molar-refractivity contribution in [3.05, 3.63) is 0 Å². The molecule has 0 fully saturated rings. The fourth-order valence-electron chi connectivity index (χ4n) is 9.05. The van der Waals surface area contributed by atoms with E-state index in [-0.39, 0.29) is 18.5 Å². The first kappa shape index (κ1) is 60.9. The minimum Gasteiger partial charge on any atom is -0.466 e. The predicted molar refractivity (Wildman–Crippen MR) is 269 cm³/mol. The van der Waals surface area contributed by atoms with Gasteiger partial charge < -0.3 is 20.3 Å². The van der Waals surface area contributed by atoms with Gasteiger partial charge in [-0.2, -0.15) is 0 Å². The number of esters is 1. The second-order valence-corrected chi connectivity index (χ2v) is 19.6. The minimum atomic E-state index is -0.660. The maximum absolute atomic E-state index is 12.4. The Hall–Kier alpha value is -1.14. The van der Waals surface area contributed by atoms with Gasteiger partial charge >= 0.3 is 5.97 Å². The Bertz CT molecular complexity index is 882. The second kappa shape index (κ2) is 52.5.